The zero-order valence-corrected chi connectivity index (χ0v) is 18.9. The van der Waals surface area contributed by atoms with Gasteiger partial charge in [-0.15, -0.1) is 11.3 Å². The summed E-state index contributed by atoms with van der Waals surface area (Å²) >= 11 is 7.35. The summed E-state index contributed by atoms with van der Waals surface area (Å²) in [6, 6.07) is 26.0. The van der Waals surface area contributed by atoms with Gasteiger partial charge >= 0.3 is 0 Å². The number of halogens is 1. The Hall–Kier alpha value is -3.92. The van der Waals surface area contributed by atoms with Crippen LogP contribution >= 0.6 is 22.9 Å². The molecule has 1 N–H and O–H groups in total. The molecule has 5 nitrogen and oxygen atoms in total. The number of hydrogen-bond donors (Lipinski definition) is 1. The summed E-state index contributed by atoms with van der Waals surface area (Å²) in [6.07, 6.45) is 1.72. The molecule has 0 fully saturated rings. The molecular formula is C26H18ClN3O2S. The average Bonchev–Trinajstić information content (AvgIpc) is 3.33. The van der Waals surface area contributed by atoms with Gasteiger partial charge in [-0.05, 0) is 36.4 Å². The Kier molecular flexibility index (Phi) is 7.16. The highest BCUT2D eigenvalue weighted by Gasteiger charge is 2.12. The van der Waals surface area contributed by atoms with Gasteiger partial charge in [-0.25, -0.2) is 4.98 Å². The fourth-order valence-corrected chi connectivity index (χ4v) is 3.96. The van der Waals surface area contributed by atoms with Crippen molar-refractivity contribution in [1.82, 2.24) is 4.98 Å². The summed E-state index contributed by atoms with van der Waals surface area (Å²) < 4.78 is 5.74. The van der Waals surface area contributed by atoms with E-state index in [1.807, 2.05) is 53.9 Å². The number of amides is 1. The summed E-state index contributed by atoms with van der Waals surface area (Å²) in [4.78, 5) is 16.8. The molecule has 4 rings (SSSR count). The largest absolute Gasteiger partial charge is 0.483 e. The molecule has 1 aromatic heterocycles. The van der Waals surface area contributed by atoms with E-state index in [0.717, 1.165) is 11.3 Å². The predicted octanol–water partition coefficient (Wildman–Crippen LogP) is 6.55. The number of nitrogens with zero attached hydrogens (tertiary/aromatic N) is 2. The number of nitriles is 1. The summed E-state index contributed by atoms with van der Waals surface area (Å²) in [6.45, 7) is -0.153. The normalized spacial score (nSPS) is 11.0. The Morgan fingerprint density at radius 3 is 2.55 bits per heavy atom. The van der Waals surface area contributed by atoms with E-state index in [4.69, 9.17) is 16.3 Å². The first-order valence-electron chi connectivity index (χ1n) is 10.0. The van der Waals surface area contributed by atoms with Crippen molar-refractivity contribution in [3.05, 3.63) is 99.8 Å². The predicted molar refractivity (Wildman–Crippen MR) is 133 cm³/mol. The molecule has 0 saturated carbocycles. The Balaban J connectivity index is 1.50. The smallest absolute Gasteiger partial charge is 0.262 e. The average molecular weight is 472 g/mol. The lowest BCUT2D eigenvalue weighted by Gasteiger charge is -2.10. The summed E-state index contributed by atoms with van der Waals surface area (Å²) in [5.41, 5.74) is 3.49. The number of benzene rings is 3. The maximum Gasteiger partial charge on any atom is 0.262 e. The number of allylic oxidation sites excluding steroid dienone is 1. The topological polar surface area (TPSA) is 75.0 Å². The van der Waals surface area contributed by atoms with E-state index in [-0.39, 0.29) is 12.5 Å². The number of para-hydroxylation sites is 2. The van der Waals surface area contributed by atoms with Gasteiger partial charge in [-0.1, -0.05) is 60.1 Å². The second-order valence-corrected chi connectivity index (χ2v) is 8.25. The van der Waals surface area contributed by atoms with Crippen molar-refractivity contribution >= 4 is 46.2 Å². The molecule has 0 bridgehead atoms. The van der Waals surface area contributed by atoms with Gasteiger partial charge in [0.2, 0.25) is 0 Å². The van der Waals surface area contributed by atoms with Crippen molar-refractivity contribution in [2.75, 3.05) is 11.9 Å². The number of ether oxygens (including phenoxy) is 1. The molecule has 0 aliphatic carbocycles. The first-order chi connectivity index (χ1) is 16.1. The maximum atomic E-state index is 12.2. The molecule has 0 radical (unpaired) electrons. The summed E-state index contributed by atoms with van der Waals surface area (Å²) in [5.74, 6) is 0.232. The molecule has 162 valence electrons. The van der Waals surface area contributed by atoms with Crippen molar-refractivity contribution in [2.45, 2.75) is 0 Å². The lowest BCUT2D eigenvalue weighted by atomic mass is 10.1. The van der Waals surface area contributed by atoms with Gasteiger partial charge in [0.05, 0.1) is 11.3 Å². The van der Waals surface area contributed by atoms with Crippen molar-refractivity contribution in [3.8, 4) is 23.1 Å². The zero-order chi connectivity index (χ0) is 23.0. The molecule has 0 unspecified atom stereocenters. The van der Waals surface area contributed by atoms with Gasteiger partial charge in [-0.3, -0.25) is 4.79 Å². The number of nitrogens with one attached hydrogen (secondary N) is 1. The Morgan fingerprint density at radius 1 is 1.06 bits per heavy atom. The Labute approximate surface area is 200 Å². The highest BCUT2D eigenvalue weighted by molar-refractivity contribution is 7.11. The van der Waals surface area contributed by atoms with E-state index >= 15 is 0 Å². The highest BCUT2D eigenvalue weighted by Crippen LogP contribution is 2.29. The molecule has 0 aliphatic heterocycles. The number of hydrogen-bond acceptors (Lipinski definition) is 5. The van der Waals surface area contributed by atoms with Gasteiger partial charge in [-0.2, -0.15) is 5.26 Å². The number of anilines is 1. The fourth-order valence-electron chi connectivity index (χ4n) is 3.04. The standard InChI is InChI=1S/C26H18ClN3O2S/c27-21-12-10-18(11-13-21)23-17-33-26(30-23)20(15-28)14-19-6-4-5-9-24(19)32-16-25(31)29-22-7-2-1-3-8-22/h1-14,17H,16H2,(H,29,31). The van der Waals surface area contributed by atoms with Gasteiger partial charge in [0, 0.05) is 27.2 Å². The van der Waals surface area contributed by atoms with E-state index in [9.17, 15) is 10.1 Å². The first-order valence-corrected chi connectivity index (χ1v) is 11.3. The zero-order valence-electron chi connectivity index (χ0n) is 17.4. The third-order valence-electron chi connectivity index (χ3n) is 4.63. The van der Waals surface area contributed by atoms with Gasteiger partial charge in [0.25, 0.3) is 5.91 Å². The minimum absolute atomic E-state index is 0.153. The molecule has 0 aliphatic rings. The van der Waals surface area contributed by atoms with E-state index < -0.39 is 0 Å². The lowest BCUT2D eigenvalue weighted by molar-refractivity contribution is -0.118. The highest BCUT2D eigenvalue weighted by atomic mass is 35.5. The van der Waals surface area contributed by atoms with Crippen LogP contribution in [0.4, 0.5) is 5.69 Å². The molecule has 33 heavy (non-hydrogen) atoms. The van der Waals surface area contributed by atoms with Crippen LogP contribution in [0.5, 0.6) is 5.75 Å². The van der Waals surface area contributed by atoms with Crippen molar-refractivity contribution in [3.63, 3.8) is 0 Å². The van der Waals surface area contributed by atoms with E-state index in [2.05, 4.69) is 16.4 Å². The van der Waals surface area contributed by atoms with Crippen LogP contribution in [0.15, 0.2) is 84.2 Å². The van der Waals surface area contributed by atoms with Crippen molar-refractivity contribution in [2.24, 2.45) is 0 Å². The van der Waals surface area contributed by atoms with E-state index in [1.54, 1.807) is 36.4 Å². The van der Waals surface area contributed by atoms with Crippen LogP contribution in [0.2, 0.25) is 5.02 Å². The second kappa shape index (κ2) is 10.6. The molecule has 4 aromatic rings. The van der Waals surface area contributed by atoms with Crippen LogP contribution in [0.3, 0.4) is 0 Å². The summed E-state index contributed by atoms with van der Waals surface area (Å²) in [7, 11) is 0. The maximum absolute atomic E-state index is 12.2. The van der Waals surface area contributed by atoms with E-state index in [0.29, 0.717) is 32.6 Å². The molecule has 3 aromatic carbocycles. The van der Waals surface area contributed by atoms with Crippen molar-refractivity contribution in [1.29, 1.82) is 5.26 Å². The second-order valence-electron chi connectivity index (χ2n) is 6.96. The molecule has 1 amide bonds. The number of rotatable bonds is 7. The van der Waals surface area contributed by atoms with Crippen LogP contribution in [0.1, 0.15) is 10.6 Å². The van der Waals surface area contributed by atoms with Crippen LogP contribution in [0.25, 0.3) is 22.9 Å². The third-order valence-corrected chi connectivity index (χ3v) is 5.76. The van der Waals surface area contributed by atoms with E-state index in [1.165, 1.54) is 11.3 Å². The summed E-state index contributed by atoms with van der Waals surface area (Å²) in [5, 5.41) is 15.7. The number of thiazole rings is 1. The fraction of sp³-hybridized carbons (Fsp3) is 0.0385. The molecular weight excluding hydrogens is 454 g/mol. The van der Waals surface area contributed by atoms with Crippen LogP contribution in [-0.4, -0.2) is 17.5 Å². The van der Waals surface area contributed by atoms with Crippen LogP contribution < -0.4 is 10.1 Å². The van der Waals surface area contributed by atoms with Crippen molar-refractivity contribution < 1.29 is 9.53 Å². The molecule has 0 spiro atoms. The van der Waals surface area contributed by atoms with Gasteiger partial charge < -0.3 is 10.1 Å². The van der Waals surface area contributed by atoms with Gasteiger partial charge in [0.15, 0.2) is 6.61 Å². The molecule has 0 saturated heterocycles. The minimum atomic E-state index is -0.270. The van der Waals surface area contributed by atoms with Crippen LogP contribution in [-0.2, 0) is 4.79 Å². The SMILES string of the molecule is N#CC(=Cc1ccccc1OCC(=O)Nc1ccccc1)c1nc(-c2ccc(Cl)cc2)cs1. The number of aromatic nitrogens is 1. The molecule has 1 heterocycles. The Morgan fingerprint density at radius 2 is 1.79 bits per heavy atom. The molecule has 0 atom stereocenters. The lowest BCUT2D eigenvalue weighted by Crippen LogP contribution is -2.20. The minimum Gasteiger partial charge on any atom is -0.483 e. The monoisotopic (exact) mass is 471 g/mol. The third kappa shape index (κ3) is 5.86. The quantitative estimate of drug-likeness (QED) is 0.310. The molecule has 7 heteroatoms. The first kappa shape index (κ1) is 22.3. The Bertz CT molecular complexity index is 1330. The number of carbonyl (C=O) groups excluding carboxylic acids is 1. The van der Waals surface area contributed by atoms with Crippen LogP contribution in [0, 0.1) is 11.3 Å². The number of carbonyl (C=O) groups is 1. The van der Waals surface area contributed by atoms with Gasteiger partial charge in [0.1, 0.15) is 16.8 Å².